The Morgan fingerprint density at radius 1 is 0.725 bits per heavy atom. The van der Waals surface area contributed by atoms with Crippen LogP contribution in [0, 0.1) is 0 Å². The van der Waals surface area contributed by atoms with Crippen molar-refractivity contribution in [1.29, 1.82) is 0 Å². The van der Waals surface area contributed by atoms with Gasteiger partial charge < -0.3 is 9.47 Å². The van der Waals surface area contributed by atoms with Crippen LogP contribution in [-0.2, 0) is 9.59 Å². The monoisotopic (exact) mass is 554 g/mol. The smallest absolute Gasteiger partial charge is 0.422 e. The standard InChI is InChI=1S/C31H23F5O4/c1-19(2)29(37)39-25-14-8-21(9-15-25)4-5-23-7-13-24(27(18-23)28(32)33)12-6-22-10-16-26(17-11-22)40-30(38)20(3)31(34,35)36/h4-18,28H,1,3H2,2H3/b5-4+,12-6+. The minimum absolute atomic E-state index is 0.125. The van der Waals surface area contributed by atoms with Gasteiger partial charge in [0.25, 0.3) is 6.43 Å². The van der Waals surface area contributed by atoms with Gasteiger partial charge >= 0.3 is 18.1 Å². The molecule has 0 aliphatic rings. The highest BCUT2D eigenvalue weighted by Gasteiger charge is 2.38. The Balaban J connectivity index is 1.69. The van der Waals surface area contributed by atoms with Gasteiger partial charge in [0.1, 0.15) is 17.1 Å². The minimum atomic E-state index is -4.90. The topological polar surface area (TPSA) is 52.6 Å². The van der Waals surface area contributed by atoms with Gasteiger partial charge in [-0.2, -0.15) is 13.2 Å². The Morgan fingerprint density at radius 3 is 1.65 bits per heavy atom. The van der Waals surface area contributed by atoms with Crippen molar-refractivity contribution in [2.24, 2.45) is 0 Å². The van der Waals surface area contributed by atoms with E-state index in [1.807, 2.05) is 0 Å². The number of rotatable bonds is 9. The van der Waals surface area contributed by atoms with Gasteiger partial charge in [-0.15, -0.1) is 0 Å². The third-order valence-electron chi connectivity index (χ3n) is 5.39. The van der Waals surface area contributed by atoms with E-state index in [1.165, 1.54) is 49.4 Å². The molecule has 0 amide bonds. The molecule has 9 heteroatoms. The zero-order valence-corrected chi connectivity index (χ0v) is 21.2. The lowest BCUT2D eigenvalue weighted by atomic mass is 10.0. The largest absolute Gasteiger partial charge is 0.423 e. The first-order valence-corrected chi connectivity index (χ1v) is 11.7. The summed E-state index contributed by atoms with van der Waals surface area (Å²) in [5, 5.41) is 0. The predicted octanol–water partition coefficient (Wildman–Crippen LogP) is 8.47. The van der Waals surface area contributed by atoms with Crippen molar-refractivity contribution < 1.29 is 41.0 Å². The number of alkyl halides is 5. The first kappa shape index (κ1) is 29.8. The number of carbonyl (C=O) groups excluding carboxylic acids is 2. The van der Waals surface area contributed by atoms with Crippen molar-refractivity contribution in [3.8, 4) is 11.5 Å². The van der Waals surface area contributed by atoms with E-state index in [0.29, 0.717) is 16.9 Å². The molecule has 0 heterocycles. The van der Waals surface area contributed by atoms with E-state index in [1.54, 1.807) is 48.6 Å². The summed E-state index contributed by atoms with van der Waals surface area (Å²) < 4.78 is 75.0. The highest BCUT2D eigenvalue weighted by atomic mass is 19.4. The molecule has 0 bridgehead atoms. The SMILES string of the molecule is C=C(C)C(=O)Oc1ccc(/C=C/c2ccc(/C=C/c3ccc(OC(=O)C(=C)C(F)(F)F)cc3)c(C(F)F)c2)cc1. The molecule has 0 aliphatic heterocycles. The maximum Gasteiger partial charge on any atom is 0.422 e. The second kappa shape index (κ2) is 12.8. The summed E-state index contributed by atoms with van der Waals surface area (Å²) in [6, 6.07) is 16.7. The lowest BCUT2D eigenvalue weighted by Gasteiger charge is -2.09. The van der Waals surface area contributed by atoms with Crippen LogP contribution < -0.4 is 9.47 Å². The molecule has 0 N–H and O–H groups in total. The maximum absolute atomic E-state index is 13.8. The van der Waals surface area contributed by atoms with Gasteiger partial charge in [-0.05, 0) is 59.5 Å². The van der Waals surface area contributed by atoms with E-state index >= 15 is 0 Å². The molecule has 0 aromatic heterocycles. The van der Waals surface area contributed by atoms with Gasteiger partial charge in [0.15, 0.2) is 0 Å². The molecule has 40 heavy (non-hydrogen) atoms. The summed E-state index contributed by atoms with van der Waals surface area (Å²) in [6.45, 7) is 7.74. The van der Waals surface area contributed by atoms with Crippen LogP contribution in [0.2, 0.25) is 0 Å². The summed E-state index contributed by atoms with van der Waals surface area (Å²) in [5.41, 5.74) is 0.549. The van der Waals surface area contributed by atoms with Gasteiger partial charge in [0, 0.05) is 11.1 Å². The van der Waals surface area contributed by atoms with Gasteiger partial charge in [0.2, 0.25) is 0 Å². The van der Waals surface area contributed by atoms with Crippen LogP contribution in [0.3, 0.4) is 0 Å². The van der Waals surface area contributed by atoms with Crippen LogP contribution in [0.5, 0.6) is 11.5 Å². The molecule has 0 radical (unpaired) electrons. The number of carbonyl (C=O) groups is 2. The fourth-order valence-electron chi connectivity index (χ4n) is 3.19. The van der Waals surface area contributed by atoms with Crippen molar-refractivity contribution in [1.82, 2.24) is 0 Å². The number of hydrogen-bond donors (Lipinski definition) is 0. The maximum atomic E-state index is 13.8. The molecule has 3 aromatic rings. The van der Waals surface area contributed by atoms with Crippen molar-refractivity contribution in [2.75, 3.05) is 0 Å². The van der Waals surface area contributed by atoms with Gasteiger partial charge in [-0.25, -0.2) is 18.4 Å². The third-order valence-corrected chi connectivity index (χ3v) is 5.39. The Kier molecular flexibility index (Phi) is 9.55. The summed E-state index contributed by atoms with van der Waals surface area (Å²) in [6.07, 6.45) is -1.24. The normalized spacial score (nSPS) is 11.7. The van der Waals surface area contributed by atoms with Crippen LogP contribution in [0.1, 0.15) is 41.2 Å². The van der Waals surface area contributed by atoms with Crippen molar-refractivity contribution >= 4 is 36.2 Å². The van der Waals surface area contributed by atoms with E-state index in [4.69, 9.17) is 4.74 Å². The van der Waals surface area contributed by atoms with Crippen molar-refractivity contribution in [3.05, 3.63) is 119 Å². The van der Waals surface area contributed by atoms with Crippen LogP contribution in [-0.4, -0.2) is 18.1 Å². The number of esters is 2. The van der Waals surface area contributed by atoms with Crippen molar-refractivity contribution in [3.63, 3.8) is 0 Å². The summed E-state index contributed by atoms with van der Waals surface area (Å²) in [4.78, 5) is 23.1. The number of benzene rings is 3. The third kappa shape index (κ3) is 8.36. The first-order chi connectivity index (χ1) is 18.8. The van der Waals surface area contributed by atoms with Crippen LogP contribution >= 0.6 is 0 Å². The molecule has 0 saturated carbocycles. The Morgan fingerprint density at radius 2 is 1.18 bits per heavy atom. The summed E-state index contributed by atoms with van der Waals surface area (Å²) in [7, 11) is 0. The van der Waals surface area contributed by atoms with E-state index in [-0.39, 0.29) is 22.4 Å². The summed E-state index contributed by atoms with van der Waals surface area (Å²) in [5.74, 6) is -1.93. The van der Waals surface area contributed by atoms with E-state index in [9.17, 15) is 31.5 Å². The highest BCUT2D eigenvalue weighted by molar-refractivity contribution is 5.91. The molecule has 0 atom stereocenters. The van der Waals surface area contributed by atoms with Crippen molar-refractivity contribution in [2.45, 2.75) is 19.5 Å². The molecule has 0 unspecified atom stereocenters. The Hall–Kier alpha value is -4.79. The van der Waals surface area contributed by atoms with Gasteiger partial charge in [-0.1, -0.05) is 73.9 Å². The first-order valence-electron chi connectivity index (χ1n) is 11.7. The lowest BCUT2D eigenvalue weighted by molar-refractivity contribution is -0.142. The predicted molar refractivity (Wildman–Crippen MR) is 143 cm³/mol. The molecule has 0 fully saturated rings. The van der Waals surface area contributed by atoms with E-state index in [2.05, 4.69) is 17.9 Å². The Bertz CT molecular complexity index is 1470. The zero-order valence-electron chi connectivity index (χ0n) is 21.2. The molecule has 3 rings (SSSR count). The van der Waals surface area contributed by atoms with Gasteiger partial charge in [-0.3, -0.25) is 0 Å². The number of ether oxygens (including phenoxy) is 2. The van der Waals surface area contributed by atoms with E-state index in [0.717, 1.165) is 5.56 Å². The molecular formula is C31H23F5O4. The second-order valence-electron chi connectivity index (χ2n) is 8.53. The van der Waals surface area contributed by atoms with Crippen LogP contribution in [0.25, 0.3) is 24.3 Å². The molecule has 206 valence electrons. The lowest BCUT2D eigenvalue weighted by Crippen LogP contribution is -2.23. The second-order valence-corrected chi connectivity index (χ2v) is 8.53. The average molecular weight is 555 g/mol. The molecule has 0 spiro atoms. The fraction of sp³-hybridized carbons (Fsp3) is 0.0968. The molecule has 0 aliphatic carbocycles. The van der Waals surface area contributed by atoms with E-state index < -0.39 is 30.1 Å². The molecule has 3 aromatic carbocycles. The van der Waals surface area contributed by atoms with Crippen LogP contribution in [0.4, 0.5) is 22.0 Å². The fourth-order valence-corrected chi connectivity index (χ4v) is 3.19. The number of hydrogen-bond acceptors (Lipinski definition) is 4. The quantitative estimate of drug-likeness (QED) is 0.0876. The van der Waals surface area contributed by atoms with Crippen LogP contribution in [0.15, 0.2) is 91.0 Å². The molecule has 4 nitrogen and oxygen atoms in total. The molecular weight excluding hydrogens is 531 g/mol. The summed E-state index contributed by atoms with van der Waals surface area (Å²) >= 11 is 0. The van der Waals surface area contributed by atoms with Gasteiger partial charge in [0.05, 0.1) is 0 Å². The average Bonchev–Trinajstić information content (AvgIpc) is 2.91. The molecule has 0 saturated heterocycles. The Labute approximate surface area is 227 Å². The minimum Gasteiger partial charge on any atom is -0.423 e. The highest BCUT2D eigenvalue weighted by Crippen LogP contribution is 2.28. The zero-order chi connectivity index (χ0) is 29.4. The number of halogens is 5.